The van der Waals surface area contributed by atoms with Gasteiger partial charge in [0.05, 0.1) is 6.61 Å². The molecule has 0 bridgehead atoms. The first-order valence-electron chi connectivity index (χ1n) is 9.98. The van der Waals surface area contributed by atoms with Gasteiger partial charge in [-0.15, -0.1) is 0 Å². The van der Waals surface area contributed by atoms with E-state index in [0.29, 0.717) is 23.0 Å². The van der Waals surface area contributed by atoms with Crippen LogP contribution >= 0.6 is 11.6 Å². The Morgan fingerprint density at radius 2 is 1.89 bits per heavy atom. The van der Waals surface area contributed by atoms with E-state index in [2.05, 4.69) is 12.2 Å². The number of halogens is 1. The van der Waals surface area contributed by atoms with Crippen molar-refractivity contribution in [2.45, 2.75) is 44.4 Å². The Bertz CT molecular complexity index is 699. The van der Waals surface area contributed by atoms with Crippen LogP contribution in [0.25, 0.3) is 0 Å². The first-order valence-corrected chi connectivity index (χ1v) is 10.4. The van der Waals surface area contributed by atoms with E-state index in [1.165, 1.54) is 0 Å². The number of hydrogen-bond acceptors (Lipinski definition) is 4. The molecule has 28 heavy (non-hydrogen) atoms. The van der Waals surface area contributed by atoms with Gasteiger partial charge < -0.3 is 15.0 Å². The summed E-state index contributed by atoms with van der Waals surface area (Å²) in [5.74, 6) is 0.283. The van der Waals surface area contributed by atoms with Crippen molar-refractivity contribution in [3.05, 3.63) is 34.9 Å². The van der Waals surface area contributed by atoms with Gasteiger partial charge in [0.25, 0.3) is 5.91 Å². The molecule has 3 rings (SSSR count). The summed E-state index contributed by atoms with van der Waals surface area (Å²) in [6, 6.07) is 6.21. The van der Waals surface area contributed by atoms with Crippen LogP contribution in [0.3, 0.4) is 0 Å². The molecule has 1 saturated heterocycles. The smallest absolute Gasteiger partial charge is 0.256 e. The summed E-state index contributed by atoms with van der Waals surface area (Å²) in [6.45, 7) is 3.74. The van der Waals surface area contributed by atoms with Gasteiger partial charge in [-0.2, -0.15) is 0 Å². The van der Waals surface area contributed by atoms with Gasteiger partial charge >= 0.3 is 0 Å². The fourth-order valence-electron chi connectivity index (χ4n) is 4.03. The van der Waals surface area contributed by atoms with E-state index in [-0.39, 0.29) is 18.4 Å². The molecule has 2 amide bonds. The average molecular weight is 408 g/mol. The Kier molecular flexibility index (Phi) is 6.63. The second kappa shape index (κ2) is 8.80. The highest BCUT2D eigenvalue weighted by Crippen LogP contribution is 2.43. The van der Waals surface area contributed by atoms with Crippen molar-refractivity contribution in [1.82, 2.24) is 15.1 Å². The molecule has 1 aromatic rings. The molecule has 1 saturated carbocycles. The number of hydrogen-bond donors (Lipinski definition) is 1. The fourth-order valence-corrected chi connectivity index (χ4v) is 4.16. The third-order valence-corrected chi connectivity index (χ3v) is 6.04. The zero-order chi connectivity index (χ0) is 20.3. The normalized spacial score (nSPS) is 27.4. The maximum absolute atomic E-state index is 13.4. The third-order valence-electron chi connectivity index (χ3n) is 5.79. The Labute approximate surface area is 172 Å². The summed E-state index contributed by atoms with van der Waals surface area (Å²) in [5, 5.41) is 3.53. The van der Waals surface area contributed by atoms with Gasteiger partial charge in [0.2, 0.25) is 5.91 Å². The highest BCUT2D eigenvalue weighted by atomic mass is 35.5. The first-order chi connectivity index (χ1) is 13.3. The van der Waals surface area contributed by atoms with E-state index < -0.39 is 11.8 Å². The number of ether oxygens (including phenoxy) is 1. The molecule has 1 atom stereocenters. The van der Waals surface area contributed by atoms with E-state index in [9.17, 15) is 9.59 Å². The van der Waals surface area contributed by atoms with Crippen LogP contribution in [-0.2, 0) is 9.53 Å². The molecular formula is C21H30ClN3O3. The molecule has 1 aliphatic carbocycles. The summed E-state index contributed by atoms with van der Waals surface area (Å²) >= 11 is 5.98. The Balaban J connectivity index is 1.83. The van der Waals surface area contributed by atoms with Gasteiger partial charge in [-0.25, -0.2) is 0 Å². The summed E-state index contributed by atoms with van der Waals surface area (Å²) in [4.78, 5) is 30.0. The lowest BCUT2D eigenvalue weighted by Crippen LogP contribution is -2.57. The number of nitrogens with one attached hydrogen (secondary N) is 1. The van der Waals surface area contributed by atoms with Gasteiger partial charge in [0.1, 0.15) is 11.8 Å². The molecule has 1 aromatic carbocycles. The monoisotopic (exact) mass is 407 g/mol. The number of nitrogens with zero attached hydrogens (tertiary/aromatic N) is 2. The van der Waals surface area contributed by atoms with Crippen LogP contribution in [0.15, 0.2) is 24.3 Å². The molecule has 0 radical (unpaired) electrons. The van der Waals surface area contributed by atoms with Crippen molar-refractivity contribution in [3.63, 3.8) is 0 Å². The number of carbonyl (C=O) groups is 2. The number of likely N-dealkylation sites (N-methyl/N-ethyl adjacent to an activating group) is 1. The first kappa shape index (κ1) is 21.1. The topological polar surface area (TPSA) is 61.9 Å². The van der Waals surface area contributed by atoms with Crippen LogP contribution in [0.4, 0.5) is 0 Å². The highest BCUT2D eigenvalue weighted by Gasteiger charge is 2.53. The molecule has 1 aliphatic heterocycles. The number of carbonyl (C=O) groups excluding carboxylic acids is 2. The minimum atomic E-state index is -0.688. The maximum Gasteiger partial charge on any atom is 0.256 e. The molecule has 1 unspecified atom stereocenters. The second-order valence-corrected chi connectivity index (χ2v) is 8.67. The van der Waals surface area contributed by atoms with Crippen molar-refractivity contribution < 1.29 is 14.3 Å². The van der Waals surface area contributed by atoms with Gasteiger partial charge in [-0.3, -0.25) is 14.5 Å². The van der Waals surface area contributed by atoms with Crippen LogP contribution in [-0.4, -0.2) is 67.2 Å². The largest absolute Gasteiger partial charge is 0.353 e. The highest BCUT2D eigenvalue weighted by molar-refractivity contribution is 6.30. The standard InChI is InChI=1S/C21H30ClN3O3/c1-15-8-10-21(11-9-15)25(20(27)16-4-6-17(22)7-5-16)18(14-28-21)19(26)23-12-13-24(2)3/h4-7,15,18H,8-14H2,1-3H3,(H,23,26). The van der Waals surface area contributed by atoms with Crippen molar-refractivity contribution in [3.8, 4) is 0 Å². The molecular weight excluding hydrogens is 378 g/mol. The molecule has 1 N–H and O–H groups in total. The van der Waals surface area contributed by atoms with E-state index in [0.717, 1.165) is 32.2 Å². The van der Waals surface area contributed by atoms with E-state index in [1.807, 2.05) is 19.0 Å². The summed E-state index contributed by atoms with van der Waals surface area (Å²) in [6.07, 6.45) is 3.49. The minimum Gasteiger partial charge on any atom is -0.353 e. The molecule has 2 aliphatic rings. The fraction of sp³-hybridized carbons (Fsp3) is 0.619. The zero-order valence-electron chi connectivity index (χ0n) is 16.9. The van der Waals surface area contributed by atoms with Gasteiger partial charge in [0.15, 0.2) is 0 Å². The predicted molar refractivity (Wildman–Crippen MR) is 109 cm³/mol. The van der Waals surface area contributed by atoms with Crippen molar-refractivity contribution in [1.29, 1.82) is 0 Å². The molecule has 6 nitrogen and oxygen atoms in total. The minimum absolute atomic E-state index is 0.153. The Morgan fingerprint density at radius 1 is 1.25 bits per heavy atom. The van der Waals surface area contributed by atoms with Crippen molar-refractivity contribution in [2.24, 2.45) is 5.92 Å². The van der Waals surface area contributed by atoms with Crippen LogP contribution in [0.2, 0.25) is 5.02 Å². The van der Waals surface area contributed by atoms with Gasteiger partial charge in [0, 0.05) is 23.7 Å². The van der Waals surface area contributed by atoms with E-state index in [1.54, 1.807) is 29.2 Å². The third kappa shape index (κ3) is 4.50. The number of rotatable bonds is 5. The average Bonchev–Trinajstić information content (AvgIpc) is 3.03. The molecule has 2 fully saturated rings. The molecule has 1 spiro atoms. The zero-order valence-corrected chi connectivity index (χ0v) is 17.7. The Hall–Kier alpha value is -1.63. The lowest BCUT2D eigenvalue weighted by molar-refractivity contribution is -0.127. The molecule has 154 valence electrons. The van der Waals surface area contributed by atoms with E-state index in [4.69, 9.17) is 16.3 Å². The van der Waals surface area contributed by atoms with E-state index >= 15 is 0 Å². The van der Waals surface area contributed by atoms with Crippen LogP contribution in [0, 0.1) is 5.92 Å². The Morgan fingerprint density at radius 3 is 2.50 bits per heavy atom. The molecule has 7 heteroatoms. The summed E-state index contributed by atoms with van der Waals surface area (Å²) < 4.78 is 6.18. The predicted octanol–water partition coefficient (Wildman–Crippen LogP) is 2.77. The van der Waals surface area contributed by atoms with Gasteiger partial charge in [-0.1, -0.05) is 18.5 Å². The quantitative estimate of drug-likeness (QED) is 0.815. The SMILES string of the molecule is CC1CCC2(CC1)OCC(C(=O)NCCN(C)C)N2C(=O)c1ccc(Cl)cc1. The summed E-state index contributed by atoms with van der Waals surface area (Å²) in [7, 11) is 3.92. The van der Waals surface area contributed by atoms with Crippen molar-refractivity contribution in [2.75, 3.05) is 33.8 Å². The van der Waals surface area contributed by atoms with Crippen LogP contribution < -0.4 is 5.32 Å². The van der Waals surface area contributed by atoms with Crippen molar-refractivity contribution >= 4 is 23.4 Å². The molecule has 1 heterocycles. The lowest BCUT2D eigenvalue weighted by Gasteiger charge is -2.43. The lowest BCUT2D eigenvalue weighted by atomic mass is 9.83. The maximum atomic E-state index is 13.4. The number of amides is 2. The summed E-state index contributed by atoms with van der Waals surface area (Å²) in [5.41, 5.74) is -0.161. The number of benzene rings is 1. The second-order valence-electron chi connectivity index (χ2n) is 8.23. The van der Waals surface area contributed by atoms with Crippen LogP contribution in [0.5, 0.6) is 0 Å². The van der Waals surface area contributed by atoms with Gasteiger partial charge in [-0.05, 0) is 70.0 Å². The van der Waals surface area contributed by atoms with Crippen LogP contribution in [0.1, 0.15) is 43.0 Å². The molecule has 0 aromatic heterocycles.